The van der Waals surface area contributed by atoms with Gasteiger partial charge in [-0.2, -0.15) is 0 Å². The fourth-order valence-corrected chi connectivity index (χ4v) is 1.06. The van der Waals surface area contributed by atoms with Gasteiger partial charge in [-0.05, 0) is 13.8 Å². The standard InChI is InChI=1S/C10H14N2O/c1-4-5-6-11-7-10-8(2)12-9(3)13-10/h11H,6-7H2,1-3H3. The lowest BCUT2D eigenvalue weighted by molar-refractivity contribution is 0.460. The van der Waals surface area contributed by atoms with Gasteiger partial charge < -0.3 is 4.42 Å². The molecule has 3 nitrogen and oxygen atoms in total. The smallest absolute Gasteiger partial charge is 0.191 e. The maximum Gasteiger partial charge on any atom is 0.191 e. The second-order valence-corrected chi connectivity index (χ2v) is 2.77. The van der Waals surface area contributed by atoms with Crippen molar-refractivity contribution in [3.63, 3.8) is 0 Å². The molecule has 1 aromatic rings. The Hall–Kier alpha value is -1.27. The van der Waals surface area contributed by atoms with E-state index in [9.17, 15) is 0 Å². The third-order valence-corrected chi connectivity index (χ3v) is 1.68. The van der Waals surface area contributed by atoms with Gasteiger partial charge in [-0.25, -0.2) is 4.98 Å². The summed E-state index contributed by atoms with van der Waals surface area (Å²) in [7, 11) is 0. The van der Waals surface area contributed by atoms with Crippen molar-refractivity contribution >= 4 is 0 Å². The molecular weight excluding hydrogens is 164 g/mol. The van der Waals surface area contributed by atoms with E-state index in [4.69, 9.17) is 4.42 Å². The minimum Gasteiger partial charge on any atom is -0.444 e. The van der Waals surface area contributed by atoms with E-state index in [0.717, 1.165) is 17.3 Å². The molecule has 0 fully saturated rings. The summed E-state index contributed by atoms with van der Waals surface area (Å²) < 4.78 is 5.37. The van der Waals surface area contributed by atoms with Crippen molar-refractivity contribution in [1.29, 1.82) is 0 Å². The first-order chi connectivity index (χ1) is 6.24. The molecule has 70 valence electrons. The average molecular weight is 178 g/mol. The molecule has 0 saturated carbocycles. The minimum absolute atomic E-state index is 0.690. The molecule has 0 aliphatic heterocycles. The van der Waals surface area contributed by atoms with Crippen LogP contribution in [0.4, 0.5) is 0 Å². The Kier molecular flexibility index (Phi) is 3.53. The first-order valence-electron chi connectivity index (χ1n) is 4.27. The van der Waals surface area contributed by atoms with Gasteiger partial charge in [0.2, 0.25) is 0 Å². The van der Waals surface area contributed by atoms with Gasteiger partial charge in [-0.15, -0.1) is 5.92 Å². The van der Waals surface area contributed by atoms with Gasteiger partial charge >= 0.3 is 0 Å². The van der Waals surface area contributed by atoms with Gasteiger partial charge in [0, 0.05) is 6.92 Å². The summed E-state index contributed by atoms with van der Waals surface area (Å²) in [6, 6.07) is 0. The highest BCUT2D eigenvalue weighted by atomic mass is 16.4. The topological polar surface area (TPSA) is 38.1 Å². The Morgan fingerprint density at radius 2 is 2.23 bits per heavy atom. The summed E-state index contributed by atoms with van der Waals surface area (Å²) in [5, 5.41) is 3.15. The molecule has 0 bridgehead atoms. The molecule has 1 rings (SSSR count). The molecule has 0 atom stereocenters. The number of nitrogens with zero attached hydrogens (tertiary/aromatic N) is 1. The van der Waals surface area contributed by atoms with Gasteiger partial charge in [-0.3, -0.25) is 5.32 Å². The van der Waals surface area contributed by atoms with Crippen LogP contribution in [0.5, 0.6) is 0 Å². The molecule has 1 heterocycles. The number of oxazole rings is 1. The van der Waals surface area contributed by atoms with Gasteiger partial charge in [0.05, 0.1) is 18.8 Å². The molecular formula is C10H14N2O. The van der Waals surface area contributed by atoms with E-state index in [-0.39, 0.29) is 0 Å². The van der Waals surface area contributed by atoms with Crippen LogP contribution in [0.1, 0.15) is 24.3 Å². The molecule has 0 spiro atoms. The van der Waals surface area contributed by atoms with Gasteiger partial charge in [0.15, 0.2) is 5.89 Å². The molecule has 1 N–H and O–H groups in total. The first kappa shape index (κ1) is 9.82. The van der Waals surface area contributed by atoms with Gasteiger partial charge in [0.1, 0.15) is 5.76 Å². The summed E-state index contributed by atoms with van der Waals surface area (Å²) in [5.74, 6) is 7.35. The molecule has 13 heavy (non-hydrogen) atoms. The summed E-state index contributed by atoms with van der Waals surface area (Å²) in [5.41, 5.74) is 0.953. The molecule has 1 aromatic heterocycles. The molecule has 0 amide bonds. The summed E-state index contributed by atoms with van der Waals surface area (Å²) >= 11 is 0. The molecule has 0 aliphatic rings. The van der Waals surface area contributed by atoms with E-state index >= 15 is 0 Å². The van der Waals surface area contributed by atoms with E-state index < -0.39 is 0 Å². The van der Waals surface area contributed by atoms with Crippen molar-refractivity contribution < 1.29 is 4.42 Å². The normalized spacial score (nSPS) is 9.46. The van der Waals surface area contributed by atoms with Crippen LogP contribution >= 0.6 is 0 Å². The highest BCUT2D eigenvalue weighted by Crippen LogP contribution is 2.07. The summed E-state index contributed by atoms with van der Waals surface area (Å²) in [6.07, 6.45) is 0. The van der Waals surface area contributed by atoms with Crippen molar-refractivity contribution in [2.75, 3.05) is 6.54 Å². The summed E-state index contributed by atoms with van der Waals surface area (Å²) in [6.45, 7) is 7.00. The lowest BCUT2D eigenvalue weighted by Gasteiger charge is -1.96. The lowest BCUT2D eigenvalue weighted by atomic mass is 10.3. The zero-order valence-electron chi connectivity index (χ0n) is 8.27. The number of hydrogen-bond donors (Lipinski definition) is 1. The predicted molar refractivity (Wildman–Crippen MR) is 51.1 cm³/mol. The average Bonchev–Trinajstić information content (AvgIpc) is 2.39. The second-order valence-electron chi connectivity index (χ2n) is 2.77. The van der Waals surface area contributed by atoms with E-state index in [1.54, 1.807) is 0 Å². The number of aromatic nitrogens is 1. The van der Waals surface area contributed by atoms with E-state index in [1.807, 2.05) is 20.8 Å². The zero-order valence-corrected chi connectivity index (χ0v) is 8.27. The molecule has 0 saturated heterocycles. The largest absolute Gasteiger partial charge is 0.444 e. The van der Waals surface area contributed by atoms with Crippen LogP contribution in [0.15, 0.2) is 4.42 Å². The van der Waals surface area contributed by atoms with Crippen LogP contribution in [0, 0.1) is 25.7 Å². The number of rotatable bonds is 3. The van der Waals surface area contributed by atoms with E-state index in [1.165, 1.54) is 0 Å². The Labute approximate surface area is 78.5 Å². The monoisotopic (exact) mass is 178 g/mol. The fourth-order valence-electron chi connectivity index (χ4n) is 1.06. The van der Waals surface area contributed by atoms with Gasteiger partial charge in [0.25, 0.3) is 0 Å². The van der Waals surface area contributed by atoms with Crippen molar-refractivity contribution in [2.24, 2.45) is 0 Å². The summed E-state index contributed by atoms with van der Waals surface area (Å²) in [4.78, 5) is 4.17. The molecule has 0 aliphatic carbocycles. The van der Waals surface area contributed by atoms with Crippen LogP contribution in [0.25, 0.3) is 0 Å². The van der Waals surface area contributed by atoms with E-state index in [0.29, 0.717) is 13.1 Å². The van der Waals surface area contributed by atoms with Crippen LogP contribution in [-0.4, -0.2) is 11.5 Å². The Morgan fingerprint density at radius 1 is 1.46 bits per heavy atom. The Balaban J connectivity index is 2.43. The molecule has 0 unspecified atom stereocenters. The SMILES string of the molecule is CC#CCNCc1oc(C)nc1C. The highest BCUT2D eigenvalue weighted by Gasteiger charge is 2.04. The Bertz CT molecular complexity index is 330. The third kappa shape index (κ3) is 2.92. The van der Waals surface area contributed by atoms with Crippen molar-refractivity contribution in [2.45, 2.75) is 27.3 Å². The van der Waals surface area contributed by atoms with Crippen LogP contribution in [-0.2, 0) is 6.54 Å². The molecule has 3 heteroatoms. The quantitative estimate of drug-likeness (QED) is 0.561. The first-order valence-corrected chi connectivity index (χ1v) is 4.27. The number of aryl methyl sites for hydroxylation is 2. The van der Waals surface area contributed by atoms with Crippen molar-refractivity contribution in [3.05, 3.63) is 17.3 Å². The second kappa shape index (κ2) is 4.68. The van der Waals surface area contributed by atoms with Gasteiger partial charge in [-0.1, -0.05) is 5.92 Å². The zero-order chi connectivity index (χ0) is 9.68. The fraction of sp³-hybridized carbons (Fsp3) is 0.500. The highest BCUT2D eigenvalue weighted by molar-refractivity contribution is 5.07. The van der Waals surface area contributed by atoms with Crippen LogP contribution < -0.4 is 5.32 Å². The third-order valence-electron chi connectivity index (χ3n) is 1.68. The van der Waals surface area contributed by atoms with Crippen molar-refractivity contribution in [3.8, 4) is 11.8 Å². The maximum absolute atomic E-state index is 5.37. The number of nitrogens with one attached hydrogen (secondary N) is 1. The molecule has 0 radical (unpaired) electrons. The van der Waals surface area contributed by atoms with Crippen LogP contribution in [0.3, 0.4) is 0 Å². The van der Waals surface area contributed by atoms with Crippen molar-refractivity contribution in [1.82, 2.24) is 10.3 Å². The van der Waals surface area contributed by atoms with Crippen LogP contribution in [0.2, 0.25) is 0 Å². The lowest BCUT2D eigenvalue weighted by Crippen LogP contribution is -2.13. The minimum atomic E-state index is 0.690. The Morgan fingerprint density at radius 3 is 2.77 bits per heavy atom. The molecule has 0 aromatic carbocycles. The predicted octanol–water partition coefficient (Wildman–Crippen LogP) is 1.40. The maximum atomic E-state index is 5.37. The number of hydrogen-bond acceptors (Lipinski definition) is 3. The van der Waals surface area contributed by atoms with E-state index in [2.05, 4.69) is 22.1 Å².